The SMILES string of the molecule is Cc1ccc(-c2c3ccc(-n4c(-c5ccccc5)ccc4-c4ccccc4)cc3c(-c3ccccc3)c3ccc(-n4c(-c5ccccc5)ccc4-c4ccccc4)cc23)cc1C. The van der Waals surface area contributed by atoms with Gasteiger partial charge in [-0.2, -0.15) is 0 Å². The number of nitrogens with zero attached hydrogens (tertiary/aromatic N) is 2. The van der Waals surface area contributed by atoms with E-state index in [0.717, 1.165) is 34.2 Å². The van der Waals surface area contributed by atoms with E-state index in [0.29, 0.717) is 0 Å². The van der Waals surface area contributed by atoms with Gasteiger partial charge >= 0.3 is 0 Å². The lowest BCUT2D eigenvalue weighted by molar-refractivity contribution is 1.10. The minimum absolute atomic E-state index is 1.12. The molecule has 2 heterocycles. The first-order valence-corrected chi connectivity index (χ1v) is 21.4. The molecule has 11 aromatic rings. The Morgan fingerprint density at radius 3 is 0.935 bits per heavy atom. The zero-order valence-corrected chi connectivity index (χ0v) is 34.8. The van der Waals surface area contributed by atoms with Crippen molar-refractivity contribution in [2.75, 3.05) is 0 Å². The first-order chi connectivity index (χ1) is 30.6. The molecule has 0 aliphatic rings. The van der Waals surface area contributed by atoms with E-state index in [1.807, 2.05) is 0 Å². The van der Waals surface area contributed by atoms with Crippen molar-refractivity contribution in [2.24, 2.45) is 0 Å². The summed E-state index contributed by atoms with van der Waals surface area (Å²) in [4.78, 5) is 0. The lowest BCUT2D eigenvalue weighted by atomic mass is 9.85. The number of hydrogen-bond acceptors (Lipinski definition) is 0. The van der Waals surface area contributed by atoms with Crippen molar-refractivity contribution in [1.29, 1.82) is 0 Å². The molecule has 11 rings (SSSR count). The van der Waals surface area contributed by atoms with Gasteiger partial charge < -0.3 is 9.13 Å². The molecule has 0 fully saturated rings. The van der Waals surface area contributed by atoms with Gasteiger partial charge in [0, 0.05) is 11.4 Å². The predicted octanol–water partition coefficient (Wildman–Crippen LogP) is 16.2. The number of aryl methyl sites for hydroxylation is 2. The van der Waals surface area contributed by atoms with Gasteiger partial charge in [0.15, 0.2) is 0 Å². The van der Waals surface area contributed by atoms with Crippen molar-refractivity contribution in [2.45, 2.75) is 13.8 Å². The average molecular weight is 793 g/mol. The maximum atomic E-state index is 2.44. The molecule has 9 aromatic carbocycles. The fraction of sp³-hybridized carbons (Fsp3) is 0.0333. The number of fused-ring (bicyclic) bond motifs is 2. The van der Waals surface area contributed by atoms with E-state index in [-0.39, 0.29) is 0 Å². The fourth-order valence-corrected chi connectivity index (χ4v) is 9.37. The summed E-state index contributed by atoms with van der Waals surface area (Å²) in [6.07, 6.45) is 0. The smallest absolute Gasteiger partial charge is 0.0535 e. The van der Waals surface area contributed by atoms with Crippen LogP contribution in [0.2, 0.25) is 0 Å². The molecule has 0 radical (unpaired) electrons. The Bertz CT molecular complexity index is 3260. The van der Waals surface area contributed by atoms with Crippen LogP contribution >= 0.6 is 0 Å². The van der Waals surface area contributed by atoms with Crippen molar-refractivity contribution in [3.05, 3.63) is 242 Å². The molecule has 0 aliphatic carbocycles. The van der Waals surface area contributed by atoms with Crippen molar-refractivity contribution in [3.8, 4) is 78.7 Å². The molecule has 0 amide bonds. The third-order valence-electron chi connectivity index (χ3n) is 12.5. The van der Waals surface area contributed by atoms with E-state index < -0.39 is 0 Å². The van der Waals surface area contributed by atoms with Gasteiger partial charge in [-0.05, 0) is 140 Å². The Morgan fingerprint density at radius 1 is 0.242 bits per heavy atom. The second kappa shape index (κ2) is 15.6. The molecule has 294 valence electrons. The van der Waals surface area contributed by atoms with Gasteiger partial charge in [-0.15, -0.1) is 0 Å². The van der Waals surface area contributed by atoms with Crippen LogP contribution in [0, 0.1) is 13.8 Å². The van der Waals surface area contributed by atoms with Gasteiger partial charge in [0.1, 0.15) is 0 Å². The Morgan fingerprint density at radius 2 is 0.581 bits per heavy atom. The zero-order valence-electron chi connectivity index (χ0n) is 34.8. The highest BCUT2D eigenvalue weighted by Gasteiger charge is 2.22. The van der Waals surface area contributed by atoms with Crippen LogP contribution < -0.4 is 0 Å². The molecule has 0 spiro atoms. The summed E-state index contributed by atoms with van der Waals surface area (Å²) in [6, 6.07) is 84.2. The quantitative estimate of drug-likeness (QED) is 0.136. The normalized spacial score (nSPS) is 11.4. The largest absolute Gasteiger partial charge is 0.309 e. The minimum atomic E-state index is 1.12. The molecule has 0 saturated carbocycles. The van der Waals surface area contributed by atoms with Crippen LogP contribution in [0.15, 0.2) is 231 Å². The van der Waals surface area contributed by atoms with Crippen LogP contribution in [-0.2, 0) is 0 Å². The third-order valence-corrected chi connectivity index (χ3v) is 12.5. The fourth-order valence-electron chi connectivity index (χ4n) is 9.37. The number of rotatable bonds is 8. The Kier molecular flexibility index (Phi) is 9.32. The molecule has 2 aromatic heterocycles. The Hall–Kier alpha value is -7.94. The summed E-state index contributed by atoms with van der Waals surface area (Å²) in [7, 11) is 0. The van der Waals surface area contributed by atoms with Crippen LogP contribution in [0.4, 0.5) is 0 Å². The average Bonchev–Trinajstić information content (AvgIpc) is 3.99. The highest BCUT2D eigenvalue weighted by molar-refractivity contribution is 6.22. The second-order valence-electron chi connectivity index (χ2n) is 16.2. The van der Waals surface area contributed by atoms with Crippen LogP contribution in [0.1, 0.15) is 11.1 Å². The lowest BCUT2D eigenvalue weighted by Crippen LogP contribution is -2.02. The molecule has 0 N–H and O–H groups in total. The molecule has 0 unspecified atom stereocenters. The van der Waals surface area contributed by atoms with Gasteiger partial charge in [0.05, 0.1) is 22.8 Å². The Labute approximate surface area is 363 Å². The van der Waals surface area contributed by atoms with Gasteiger partial charge in [-0.25, -0.2) is 0 Å². The molecule has 2 heteroatoms. The number of benzene rings is 9. The molecule has 62 heavy (non-hydrogen) atoms. The van der Waals surface area contributed by atoms with Gasteiger partial charge in [0.2, 0.25) is 0 Å². The molecular weight excluding hydrogens is 749 g/mol. The van der Waals surface area contributed by atoms with E-state index in [1.54, 1.807) is 0 Å². The van der Waals surface area contributed by atoms with E-state index in [9.17, 15) is 0 Å². The standard InChI is InChI=1S/C60H44N2/c1-41-28-29-48(38-42(41)2)60-52-33-31-49(61-55(43-18-8-3-9-19-43)34-35-56(61)44-20-10-4-11-21-44)39-53(52)59(47-26-16-7-17-27-47)51-32-30-50(40-54(51)60)62-57(45-22-12-5-13-23-45)36-37-58(62)46-24-14-6-15-25-46/h3-40H,1-2H3. The van der Waals surface area contributed by atoms with E-state index in [1.165, 1.54) is 77.2 Å². The zero-order chi connectivity index (χ0) is 41.6. The second-order valence-corrected chi connectivity index (χ2v) is 16.2. The first kappa shape index (κ1) is 37.1. The summed E-state index contributed by atoms with van der Waals surface area (Å²) in [5.74, 6) is 0. The monoisotopic (exact) mass is 792 g/mol. The van der Waals surface area contributed by atoms with Crippen LogP contribution in [0.25, 0.3) is 100 Å². The van der Waals surface area contributed by atoms with Crippen molar-refractivity contribution in [3.63, 3.8) is 0 Å². The summed E-state index contributed by atoms with van der Waals surface area (Å²) >= 11 is 0. The lowest BCUT2D eigenvalue weighted by Gasteiger charge is -2.22. The summed E-state index contributed by atoms with van der Waals surface area (Å²) in [6.45, 7) is 4.43. The Balaban J connectivity index is 1.25. The van der Waals surface area contributed by atoms with Gasteiger partial charge in [0.25, 0.3) is 0 Å². The molecular formula is C60H44N2. The highest BCUT2D eigenvalue weighted by atomic mass is 15.0. The number of aromatic nitrogens is 2. The molecule has 0 bridgehead atoms. The molecule has 0 aliphatic heterocycles. The van der Waals surface area contributed by atoms with Crippen LogP contribution in [0.3, 0.4) is 0 Å². The summed E-state index contributed by atoms with van der Waals surface area (Å²) in [5.41, 5.74) is 19.0. The van der Waals surface area contributed by atoms with E-state index >= 15 is 0 Å². The first-order valence-electron chi connectivity index (χ1n) is 21.4. The van der Waals surface area contributed by atoms with Crippen molar-refractivity contribution >= 4 is 21.5 Å². The summed E-state index contributed by atoms with van der Waals surface area (Å²) < 4.78 is 4.87. The topological polar surface area (TPSA) is 9.86 Å². The molecule has 2 nitrogen and oxygen atoms in total. The maximum Gasteiger partial charge on any atom is 0.0535 e. The van der Waals surface area contributed by atoms with Gasteiger partial charge in [-0.3, -0.25) is 0 Å². The predicted molar refractivity (Wildman–Crippen MR) is 262 cm³/mol. The van der Waals surface area contributed by atoms with Crippen molar-refractivity contribution in [1.82, 2.24) is 9.13 Å². The maximum absolute atomic E-state index is 2.44. The van der Waals surface area contributed by atoms with Crippen molar-refractivity contribution < 1.29 is 0 Å². The molecule has 0 saturated heterocycles. The van der Waals surface area contributed by atoms with E-state index in [4.69, 9.17) is 0 Å². The third kappa shape index (κ3) is 6.45. The summed E-state index contributed by atoms with van der Waals surface area (Å²) in [5, 5.41) is 4.86. The van der Waals surface area contributed by atoms with Crippen LogP contribution in [0.5, 0.6) is 0 Å². The highest BCUT2D eigenvalue weighted by Crippen LogP contribution is 2.47. The molecule has 0 atom stereocenters. The van der Waals surface area contributed by atoms with Crippen LogP contribution in [-0.4, -0.2) is 9.13 Å². The van der Waals surface area contributed by atoms with E-state index in [2.05, 4.69) is 254 Å². The minimum Gasteiger partial charge on any atom is -0.309 e. The number of hydrogen-bond donors (Lipinski definition) is 0. The van der Waals surface area contributed by atoms with Gasteiger partial charge in [-0.1, -0.05) is 182 Å².